The lowest BCUT2D eigenvalue weighted by molar-refractivity contribution is -0.114. The van der Waals surface area contributed by atoms with Crippen LogP contribution >= 0.6 is 35.0 Å². The van der Waals surface area contributed by atoms with E-state index in [0.717, 1.165) is 10.6 Å². The van der Waals surface area contributed by atoms with Gasteiger partial charge in [0.15, 0.2) is 0 Å². The summed E-state index contributed by atoms with van der Waals surface area (Å²) in [6.07, 6.45) is 1.44. The predicted molar refractivity (Wildman–Crippen MR) is 170 cm³/mol. The van der Waals surface area contributed by atoms with Crippen molar-refractivity contribution in [2.75, 3.05) is 23.0 Å². The topological polar surface area (TPSA) is 96.5 Å². The van der Waals surface area contributed by atoms with Gasteiger partial charge in [0.1, 0.15) is 11.4 Å². The molecule has 0 unspecified atom stereocenters. The maximum Gasteiger partial charge on any atom is 0.272 e. The zero-order chi connectivity index (χ0) is 29.9. The number of nitrogens with one attached hydrogen (secondary N) is 3. The molecule has 42 heavy (non-hydrogen) atoms. The first-order chi connectivity index (χ1) is 20.3. The number of ether oxygens (including phenoxy) is 1. The first-order valence-corrected chi connectivity index (χ1v) is 14.7. The van der Waals surface area contributed by atoms with Gasteiger partial charge in [-0.2, -0.15) is 0 Å². The minimum Gasteiger partial charge on any atom is -0.494 e. The molecular weight excluding hydrogens is 593 g/mol. The first kappa shape index (κ1) is 30.7. The number of carbonyl (C=O) groups excluding carboxylic acids is 3. The van der Waals surface area contributed by atoms with Crippen LogP contribution in [0.4, 0.5) is 11.4 Å². The molecule has 0 aliphatic rings. The molecule has 4 aromatic rings. The van der Waals surface area contributed by atoms with E-state index in [1.165, 1.54) is 17.8 Å². The largest absolute Gasteiger partial charge is 0.494 e. The van der Waals surface area contributed by atoms with Crippen molar-refractivity contribution in [3.05, 3.63) is 124 Å². The Morgan fingerprint density at radius 2 is 1.40 bits per heavy atom. The van der Waals surface area contributed by atoms with E-state index < -0.39 is 11.8 Å². The van der Waals surface area contributed by atoms with Gasteiger partial charge in [-0.25, -0.2) is 0 Å². The zero-order valence-electron chi connectivity index (χ0n) is 22.5. The number of anilines is 2. The number of benzene rings is 4. The Morgan fingerprint density at radius 1 is 0.786 bits per heavy atom. The molecule has 0 aliphatic carbocycles. The standard InChI is InChI=1S/C32H27Cl2N3O4S/c1-2-41-24-15-11-22(12-16-24)35-30(38)20-42-25-17-13-23(14-18-25)36-32(40)29(19-26-27(33)9-6-10-28(26)34)37-31(39)21-7-4-3-5-8-21/h3-19H,2,20H2,1H3,(H,35,38)(H,36,40)(H,37,39)/b29-19-. The zero-order valence-corrected chi connectivity index (χ0v) is 24.9. The molecule has 0 spiro atoms. The molecule has 10 heteroatoms. The summed E-state index contributed by atoms with van der Waals surface area (Å²) in [7, 11) is 0. The summed E-state index contributed by atoms with van der Waals surface area (Å²) >= 11 is 14.0. The Labute approximate surface area is 258 Å². The van der Waals surface area contributed by atoms with Crippen molar-refractivity contribution in [1.29, 1.82) is 0 Å². The fourth-order valence-electron chi connectivity index (χ4n) is 3.72. The molecule has 0 heterocycles. The third kappa shape index (κ3) is 8.88. The molecule has 0 radical (unpaired) electrons. The fourth-order valence-corrected chi connectivity index (χ4v) is 4.92. The number of hydrogen-bond donors (Lipinski definition) is 3. The summed E-state index contributed by atoms with van der Waals surface area (Å²) in [6, 6.07) is 27.7. The van der Waals surface area contributed by atoms with Gasteiger partial charge in [0.2, 0.25) is 5.91 Å². The molecule has 4 rings (SSSR count). The molecule has 3 amide bonds. The van der Waals surface area contributed by atoms with Gasteiger partial charge in [-0.15, -0.1) is 11.8 Å². The van der Waals surface area contributed by atoms with E-state index in [1.54, 1.807) is 97.1 Å². The van der Waals surface area contributed by atoms with Crippen molar-refractivity contribution in [2.24, 2.45) is 0 Å². The maximum atomic E-state index is 13.3. The second-order valence-electron chi connectivity index (χ2n) is 8.79. The second-order valence-corrected chi connectivity index (χ2v) is 10.6. The van der Waals surface area contributed by atoms with Gasteiger partial charge < -0.3 is 20.7 Å². The molecule has 7 nitrogen and oxygen atoms in total. The van der Waals surface area contributed by atoms with Crippen LogP contribution in [0.1, 0.15) is 22.8 Å². The van der Waals surface area contributed by atoms with Crippen molar-refractivity contribution in [3.63, 3.8) is 0 Å². The van der Waals surface area contributed by atoms with Crippen molar-refractivity contribution < 1.29 is 19.1 Å². The van der Waals surface area contributed by atoms with Crippen LogP contribution in [-0.2, 0) is 9.59 Å². The highest BCUT2D eigenvalue weighted by atomic mass is 35.5. The smallest absolute Gasteiger partial charge is 0.272 e. The Kier molecular flexibility index (Phi) is 11.1. The highest BCUT2D eigenvalue weighted by Crippen LogP contribution is 2.27. The third-order valence-electron chi connectivity index (χ3n) is 5.75. The maximum absolute atomic E-state index is 13.3. The molecule has 0 fully saturated rings. The van der Waals surface area contributed by atoms with Crippen molar-refractivity contribution >= 4 is 70.1 Å². The third-order valence-corrected chi connectivity index (χ3v) is 7.42. The van der Waals surface area contributed by atoms with Gasteiger partial charge >= 0.3 is 0 Å². The normalized spacial score (nSPS) is 11.0. The first-order valence-electron chi connectivity index (χ1n) is 12.9. The molecule has 0 bridgehead atoms. The van der Waals surface area contributed by atoms with E-state index in [9.17, 15) is 14.4 Å². The van der Waals surface area contributed by atoms with Gasteiger partial charge in [-0.05, 0) is 85.8 Å². The molecule has 0 atom stereocenters. The van der Waals surface area contributed by atoms with Crippen LogP contribution in [0.3, 0.4) is 0 Å². The average molecular weight is 621 g/mol. The van der Waals surface area contributed by atoms with Gasteiger partial charge in [-0.3, -0.25) is 14.4 Å². The van der Waals surface area contributed by atoms with E-state index in [4.69, 9.17) is 27.9 Å². The monoisotopic (exact) mass is 619 g/mol. The average Bonchev–Trinajstić information content (AvgIpc) is 2.99. The number of hydrogen-bond acceptors (Lipinski definition) is 5. The summed E-state index contributed by atoms with van der Waals surface area (Å²) in [5.41, 5.74) is 1.92. The number of amides is 3. The summed E-state index contributed by atoms with van der Waals surface area (Å²) in [5.74, 6) is -0.230. The number of carbonyl (C=O) groups is 3. The van der Waals surface area contributed by atoms with E-state index in [2.05, 4.69) is 16.0 Å². The van der Waals surface area contributed by atoms with E-state index in [-0.39, 0.29) is 17.4 Å². The molecule has 4 aromatic carbocycles. The van der Waals surface area contributed by atoms with E-state index >= 15 is 0 Å². The van der Waals surface area contributed by atoms with Gasteiger partial charge in [-0.1, -0.05) is 47.5 Å². The molecule has 0 aliphatic heterocycles. The van der Waals surface area contributed by atoms with E-state index in [0.29, 0.717) is 39.2 Å². The van der Waals surface area contributed by atoms with Gasteiger partial charge in [0, 0.05) is 37.4 Å². The Balaban J connectivity index is 1.40. The summed E-state index contributed by atoms with van der Waals surface area (Å²) in [6.45, 7) is 2.48. The quantitative estimate of drug-likeness (QED) is 0.119. The minimum absolute atomic E-state index is 0.0386. The van der Waals surface area contributed by atoms with Crippen LogP contribution in [0.5, 0.6) is 5.75 Å². The van der Waals surface area contributed by atoms with Crippen LogP contribution < -0.4 is 20.7 Å². The van der Waals surface area contributed by atoms with Crippen molar-refractivity contribution in [3.8, 4) is 5.75 Å². The SMILES string of the molecule is CCOc1ccc(NC(=O)CSc2ccc(NC(=O)/C(=C/c3c(Cl)cccc3Cl)NC(=O)c3ccccc3)cc2)cc1. The van der Waals surface area contributed by atoms with Gasteiger partial charge in [0.05, 0.1) is 12.4 Å². The van der Waals surface area contributed by atoms with Crippen molar-refractivity contribution in [2.45, 2.75) is 11.8 Å². The van der Waals surface area contributed by atoms with Gasteiger partial charge in [0.25, 0.3) is 11.8 Å². The number of thioether (sulfide) groups is 1. The molecular formula is C32H27Cl2N3O4S. The van der Waals surface area contributed by atoms with Crippen LogP contribution in [0.2, 0.25) is 10.0 Å². The lowest BCUT2D eigenvalue weighted by Gasteiger charge is -2.13. The number of rotatable bonds is 11. The molecule has 0 saturated heterocycles. The fraction of sp³-hybridized carbons (Fsp3) is 0.0938. The van der Waals surface area contributed by atoms with Crippen molar-refractivity contribution in [1.82, 2.24) is 5.32 Å². The predicted octanol–water partition coefficient (Wildman–Crippen LogP) is 7.53. The number of halogens is 2. The Bertz CT molecular complexity index is 1560. The molecule has 0 saturated carbocycles. The van der Waals surface area contributed by atoms with Crippen LogP contribution in [0.15, 0.2) is 108 Å². The Morgan fingerprint density at radius 3 is 2.05 bits per heavy atom. The van der Waals surface area contributed by atoms with Crippen LogP contribution in [0, 0.1) is 0 Å². The lowest BCUT2D eigenvalue weighted by atomic mass is 10.1. The van der Waals surface area contributed by atoms with E-state index in [1.807, 2.05) is 6.92 Å². The molecule has 3 N–H and O–H groups in total. The highest BCUT2D eigenvalue weighted by Gasteiger charge is 2.17. The minimum atomic E-state index is -0.564. The van der Waals surface area contributed by atoms with Crippen LogP contribution in [0.25, 0.3) is 6.08 Å². The highest BCUT2D eigenvalue weighted by molar-refractivity contribution is 8.00. The van der Waals surface area contributed by atoms with Crippen LogP contribution in [-0.4, -0.2) is 30.1 Å². The molecule has 214 valence electrons. The summed E-state index contributed by atoms with van der Waals surface area (Å²) in [5, 5.41) is 8.97. The lowest BCUT2D eigenvalue weighted by Crippen LogP contribution is -2.30. The Hall–Kier alpha value is -4.24. The summed E-state index contributed by atoms with van der Waals surface area (Å²) < 4.78 is 5.41. The second kappa shape index (κ2) is 15.1. The summed E-state index contributed by atoms with van der Waals surface area (Å²) in [4.78, 5) is 39.4. The molecule has 0 aromatic heterocycles.